The average molecular weight is 491 g/mol. The SMILES string of the molecule is O=C(O)C(F)(F)F.c1cncc(CN2CCOC(c3nnn4cc(-c5cccs5)ccc34)C2)c1. The van der Waals surface area contributed by atoms with Gasteiger partial charge >= 0.3 is 12.1 Å². The molecule has 1 fully saturated rings. The minimum absolute atomic E-state index is 0.0690. The van der Waals surface area contributed by atoms with Crippen molar-refractivity contribution in [3.05, 3.63) is 71.6 Å². The van der Waals surface area contributed by atoms with Gasteiger partial charge < -0.3 is 9.84 Å². The number of nitrogens with zero attached hydrogens (tertiary/aromatic N) is 5. The highest BCUT2D eigenvalue weighted by molar-refractivity contribution is 7.13. The van der Waals surface area contributed by atoms with Crippen LogP contribution in [0, 0.1) is 0 Å². The summed E-state index contributed by atoms with van der Waals surface area (Å²) in [5.74, 6) is -2.76. The van der Waals surface area contributed by atoms with E-state index in [1.165, 1.54) is 10.4 Å². The highest BCUT2D eigenvalue weighted by Gasteiger charge is 2.38. The zero-order valence-electron chi connectivity index (χ0n) is 17.7. The van der Waals surface area contributed by atoms with Gasteiger partial charge in [-0.3, -0.25) is 9.88 Å². The molecule has 0 aromatic carbocycles. The van der Waals surface area contributed by atoms with E-state index in [0.29, 0.717) is 6.61 Å². The molecule has 1 aliphatic heterocycles. The summed E-state index contributed by atoms with van der Waals surface area (Å²) in [6, 6.07) is 12.5. The van der Waals surface area contributed by atoms with Crippen molar-refractivity contribution in [2.75, 3.05) is 19.7 Å². The zero-order valence-corrected chi connectivity index (χ0v) is 18.5. The number of hydrogen-bond donors (Lipinski definition) is 1. The Morgan fingerprint density at radius 3 is 2.74 bits per heavy atom. The van der Waals surface area contributed by atoms with Crippen LogP contribution >= 0.6 is 11.3 Å². The van der Waals surface area contributed by atoms with Crippen LogP contribution in [0.3, 0.4) is 0 Å². The van der Waals surface area contributed by atoms with Crippen molar-refractivity contribution in [2.45, 2.75) is 18.8 Å². The monoisotopic (exact) mass is 491 g/mol. The van der Waals surface area contributed by atoms with Crippen LogP contribution in [-0.4, -0.2) is 61.7 Å². The van der Waals surface area contributed by atoms with E-state index in [1.807, 2.05) is 23.0 Å². The highest BCUT2D eigenvalue weighted by atomic mass is 32.1. The van der Waals surface area contributed by atoms with Crippen molar-refractivity contribution < 1.29 is 27.8 Å². The molecule has 0 radical (unpaired) electrons. The van der Waals surface area contributed by atoms with Crippen LogP contribution in [0.15, 0.2) is 60.4 Å². The van der Waals surface area contributed by atoms with Gasteiger partial charge in [-0.2, -0.15) is 13.2 Å². The lowest BCUT2D eigenvalue weighted by Crippen LogP contribution is -2.38. The summed E-state index contributed by atoms with van der Waals surface area (Å²) in [5, 5.41) is 18.0. The smallest absolute Gasteiger partial charge is 0.475 e. The number of morpholine rings is 1. The molecule has 1 saturated heterocycles. The quantitative estimate of drug-likeness (QED) is 0.460. The summed E-state index contributed by atoms with van der Waals surface area (Å²) in [6.07, 6.45) is 0.609. The van der Waals surface area contributed by atoms with E-state index in [9.17, 15) is 13.2 Å². The molecule has 12 heteroatoms. The molecule has 0 saturated carbocycles. The Morgan fingerprint density at radius 2 is 2.06 bits per heavy atom. The van der Waals surface area contributed by atoms with Crippen molar-refractivity contribution in [1.82, 2.24) is 24.7 Å². The van der Waals surface area contributed by atoms with Crippen LogP contribution in [0.1, 0.15) is 17.4 Å². The molecule has 1 unspecified atom stereocenters. The van der Waals surface area contributed by atoms with Crippen LogP contribution in [-0.2, 0) is 16.1 Å². The summed E-state index contributed by atoms with van der Waals surface area (Å²) in [4.78, 5) is 16.7. The second-order valence-corrected chi connectivity index (χ2v) is 8.41. The Bertz CT molecular complexity index is 1230. The highest BCUT2D eigenvalue weighted by Crippen LogP contribution is 2.28. The molecule has 1 N–H and O–H groups in total. The maximum absolute atomic E-state index is 10.6. The van der Waals surface area contributed by atoms with Crippen LogP contribution in [0.5, 0.6) is 0 Å². The molecule has 34 heavy (non-hydrogen) atoms. The second kappa shape index (κ2) is 10.3. The Morgan fingerprint density at radius 1 is 1.24 bits per heavy atom. The van der Waals surface area contributed by atoms with Gasteiger partial charge in [-0.15, -0.1) is 16.4 Å². The molecule has 0 aliphatic carbocycles. The number of rotatable bonds is 4. The molecule has 0 bridgehead atoms. The maximum Gasteiger partial charge on any atom is 0.490 e. The molecule has 5 rings (SSSR count). The third kappa shape index (κ3) is 5.76. The van der Waals surface area contributed by atoms with Gasteiger partial charge in [0.15, 0.2) is 0 Å². The Kier molecular flexibility index (Phi) is 7.20. The number of thiophene rings is 1. The summed E-state index contributed by atoms with van der Waals surface area (Å²) in [6.45, 7) is 3.27. The lowest BCUT2D eigenvalue weighted by atomic mass is 10.1. The van der Waals surface area contributed by atoms with Gasteiger partial charge in [0.2, 0.25) is 0 Å². The number of hydrogen-bond acceptors (Lipinski definition) is 7. The maximum atomic E-state index is 10.6. The summed E-state index contributed by atoms with van der Waals surface area (Å²) >= 11 is 1.72. The Hall–Kier alpha value is -3.35. The lowest BCUT2D eigenvalue weighted by molar-refractivity contribution is -0.192. The number of pyridine rings is 2. The van der Waals surface area contributed by atoms with E-state index in [2.05, 4.69) is 55.9 Å². The number of aromatic nitrogens is 4. The minimum atomic E-state index is -5.08. The minimum Gasteiger partial charge on any atom is -0.475 e. The summed E-state index contributed by atoms with van der Waals surface area (Å²) < 4.78 is 39.6. The summed E-state index contributed by atoms with van der Waals surface area (Å²) in [7, 11) is 0. The van der Waals surface area contributed by atoms with E-state index in [4.69, 9.17) is 14.6 Å². The van der Waals surface area contributed by atoms with E-state index in [-0.39, 0.29) is 6.10 Å². The fourth-order valence-electron chi connectivity index (χ4n) is 3.49. The number of alkyl halides is 3. The van der Waals surface area contributed by atoms with Crippen molar-refractivity contribution in [1.29, 1.82) is 0 Å². The van der Waals surface area contributed by atoms with Crippen molar-refractivity contribution in [3.8, 4) is 10.4 Å². The van der Waals surface area contributed by atoms with E-state index in [1.54, 1.807) is 17.5 Å². The van der Waals surface area contributed by atoms with E-state index in [0.717, 1.165) is 36.4 Å². The van der Waals surface area contributed by atoms with Gasteiger partial charge in [-0.25, -0.2) is 9.31 Å². The molecule has 4 aromatic rings. The molecule has 4 aromatic heterocycles. The molecule has 0 spiro atoms. The number of halogens is 3. The van der Waals surface area contributed by atoms with Gasteiger partial charge in [0.05, 0.1) is 12.1 Å². The van der Waals surface area contributed by atoms with E-state index >= 15 is 0 Å². The predicted molar refractivity (Wildman–Crippen MR) is 118 cm³/mol. The Labute approximate surface area is 196 Å². The van der Waals surface area contributed by atoms with Crippen LogP contribution in [0.2, 0.25) is 0 Å². The normalized spacial score (nSPS) is 16.7. The molecule has 1 atom stereocenters. The first-order chi connectivity index (χ1) is 16.3. The second-order valence-electron chi connectivity index (χ2n) is 7.46. The lowest BCUT2D eigenvalue weighted by Gasteiger charge is -2.32. The summed E-state index contributed by atoms with van der Waals surface area (Å²) in [5.41, 5.74) is 4.27. The number of aliphatic carboxylic acids is 1. The largest absolute Gasteiger partial charge is 0.490 e. The number of carbonyl (C=O) groups is 1. The van der Waals surface area contributed by atoms with E-state index < -0.39 is 12.1 Å². The number of fused-ring (bicyclic) bond motifs is 1. The molecular weight excluding hydrogens is 471 g/mol. The molecule has 5 heterocycles. The predicted octanol–water partition coefficient (Wildman–Crippen LogP) is 4.06. The number of ether oxygens (including phenoxy) is 1. The fraction of sp³-hybridized carbons (Fsp3) is 0.273. The number of carboxylic acid groups (broad SMARTS) is 1. The first-order valence-corrected chi connectivity index (χ1v) is 11.1. The first-order valence-electron chi connectivity index (χ1n) is 10.2. The molecule has 1 aliphatic rings. The topological polar surface area (TPSA) is 92.8 Å². The average Bonchev–Trinajstić information content (AvgIpc) is 3.50. The van der Waals surface area contributed by atoms with Crippen LogP contribution in [0.4, 0.5) is 13.2 Å². The van der Waals surface area contributed by atoms with Crippen molar-refractivity contribution in [2.24, 2.45) is 0 Å². The molecule has 178 valence electrons. The third-order valence-electron chi connectivity index (χ3n) is 5.07. The third-order valence-corrected chi connectivity index (χ3v) is 5.99. The molecular formula is C22H20F3N5O3S. The molecule has 8 nitrogen and oxygen atoms in total. The van der Waals surface area contributed by atoms with Gasteiger partial charge in [0, 0.05) is 48.7 Å². The van der Waals surface area contributed by atoms with Crippen LogP contribution in [0.25, 0.3) is 16.0 Å². The van der Waals surface area contributed by atoms with Gasteiger partial charge in [-0.1, -0.05) is 17.3 Å². The van der Waals surface area contributed by atoms with Crippen molar-refractivity contribution in [3.63, 3.8) is 0 Å². The Balaban J connectivity index is 0.000000344. The van der Waals surface area contributed by atoms with Gasteiger partial charge in [-0.05, 0) is 35.2 Å². The first kappa shape index (κ1) is 23.8. The zero-order chi connectivity index (χ0) is 24.1. The van der Waals surface area contributed by atoms with Gasteiger partial charge in [0.1, 0.15) is 11.8 Å². The van der Waals surface area contributed by atoms with Crippen molar-refractivity contribution >= 4 is 22.8 Å². The van der Waals surface area contributed by atoms with Crippen LogP contribution < -0.4 is 0 Å². The number of carboxylic acids is 1. The van der Waals surface area contributed by atoms with Gasteiger partial charge in [0.25, 0.3) is 0 Å². The molecule has 0 amide bonds. The standard InChI is InChI=1S/C20H19N5OS.C2HF3O2/c1-3-15(11-21-7-1)12-24-8-9-26-18(14-24)20-17-6-5-16(13-25(17)23-22-20)19-4-2-10-27-19;3-2(4,5)1(6)7/h1-7,10-11,13,18H,8-9,12,14H2;(H,6,7). The fourth-order valence-corrected chi connectivity index (χ4v) is 4.21.